The summed E-state index contributed by atoms with van der Waals surface area (Å²) in [5.74, 6) is 0.610. The monoisotopic (exact) mass is 317 g/mol. The number of benzene rings is 1. The molecule has 96 valence electrons. The zero-order valence-corrected chi connectivity index (χ0v) is 13.1. The second kappa shape index (κ2) is 7.40. The Morgan fingerprint density at radius 1 is 1.35 bits per heavy atom. The maximum absolute atomic E-state index is 6.17. The Bertz CT molecular complexity index is 354. The molecule has 2 atom stereocenters. The third-order valence-corrected chi connectivity index (χ3v) is 4.36. The number of hydrogen-bond donors (Lipinski definition) is 1. The molecular formula is C14H21BrClN. The van der Waals surface area contributed by atoms with Gasteiger partial charge in [0, 0.05) is 10.5 Å². The van der Waals surface area contributed by atoms with Crippen LogP contribution in [0.5, 0.6) is 0 Å². The van der Waals surface area contributed by atoms with Gasteiger partial charge in [0.15, 0.2) is 0 Å². The normalized spacial score (nSPS) is 14.6. The lowest BCUT2D eigenvalue weighted by molar-refractivity contribution is 0.377. The van der Waals surface area contributed by atoms with Crippen LogP contribution in [0.25, 0.3) is 0 Å². The van der Waals surface area contributed by atoms with Crippen molar-refractivity contribution in [2.45, 2.75) is 39.7 Å². The molecule has 1 nitrogen and oxygen atoms in total. The molecule has 17 heavy (non-hydrogen) atoms. The quantitative estimate of drug-likeness (QED) is 0.761. The molecule has 2 unspecified atom stereocenters. The Kier molecular flexibility index (Phi) is 6.53. The van der Waals surface area contributed by atoms with Gasteiger partial charge in [-0.1, -0.05) is 44.9 Å². The van der Waals surface area contributed by atoms with Gasteiger partial charge in [-0.2, -0.15) is 0 Å². The van der Waals surface area contributed by atoms with Crippen molar-refractivity contribution >= 4 is 27.5 Å². The Balaban J connectivity index is 2.91. The van der Waals surface area contributed by atoms with E-state index in [9.17, 15) is 0 Å². The predicted octanol–water partition coefficient (Wildman–Crippen LogP) is 5.19. The zero-order chi connectivity index (χ0) is 12.8. The highest BCUT2D eigenvalue weighted by molar-refractivity contribution is 9.10. The Hall–Kier alpha value is -0.0500. The Morgan fingerprint density at radius 2 is 2.06 bits per heavy atom. The van der Waals surface area contributed by atoms with Crippen LogP contribution in [0.15, 0.2) is 22.7 Å². The van der Waals surface area contributed by atoms with E-state index in [4.69, 9.17) is 11.6 Å². The number of nitrogens with one attached hydrogen (secondary N) is 1. The van der Waals surface area contributed by atoms with Crippen molar-refractivity contribution in [2.24, 2.45) is 5.92 Å². The van der Waals surface area contributed by atoms with Crippen molar-refractivity contribution in [2.75, 3.05) is 6.54 Å². The van der Waals surface area contributed by atoms with Gasteiger partial charge in [-0.25, -0.2) is 0 Å². The molecule has 0 radical (unpaired) electrons. The average Bonchev–Trinajstić information content (AvgIpc) is 2.33. The molecule has 0 amide bonds. The van der Waals surface area contributed by atoms with Gasteiger partial charge >= 0.3 is 0 Å². The van der Waals surface area contributed by atoms with Gasteiger partial charge in [0.25, 0.3) is 0 Å². The van der Waals surface area contributed by atoms with Crippen LogP contribution in [0.3, 0.4) is 0 Å². The van der Waals surface area contributed by atoms with Crippen LogP contribution in [0, 0.1) is 5.92 Å². The molecule has 0 spiro atoms. The van der Waals surface area contributed by atoms with E-state index in [1.165, 1.54) is 5.56 Å². The van der Waals surface area contributed by atoms with Gasteiger partial charge < -0.3 is 5.32 Å². The summed E-state index contributed by atoms with van der Waals surface area (Å²) in [5, 5.41) is 4.40. The SMILES string of the molecule is CCCNC(c1ccc(Br)c(Cl)c1)C(C)CC. The smallest absolute Gasteiger partial charge is 0.0551 e. The Morgan fingerprint density at radius 3 is 2.59 bits per heavy atom. The average molecular weight is 319 g/mol. The van der Waals surface area contributed by atoms with Crippen molar-refractivity contribution in [1.82, 2.24) is 5.32 Å². The number of rotatable bonds is 6. The van der Waals surface area contributed by atoms with Crippen molar-refractivity contribution in [3.63, 3.8) is 0 Å². The highest BCUT2D eigenvalue weighted by Crippen LogP contribution is 2.30. The summed E-state index contributed by atoms with van der Waals surface area (Å²) in [4.78, 5) is 0. The maximum atomic E-state index is 6.17. The van der Waals surface area contributed by atoms with Gasteiger partial charge in [-0.15, -0.1) is 0 Å². The van der Waals surface area contributed by atoms with Crippen LogP contribution < -0.4 is 5.32 Å². The van der Waals surface area contributed by atoms with Crippen molar-refractivity contribution < 1.29 is 0 Å². The third-order valence-electron chi connectivity index (χ3n) is 3.13. The maximum Gasteiger partial charge on any atom is 0.0551 e. The largest absolute Gasteiger partial charge is 0.310 e. The second-order valence-corrected chi connectivity index (χ2v) is 5.75. The van der Waals surface area contributed by atoms with Gasteiger partial charge in [-0.05, 0) is 52.5 Å². The lowest BCUT2D eigenvalue weighted by atomic mass is 9.92. The van der Waals surface area contributed by atoms with Crippen molar-refractivity contribution in [3.05, 3.63) is 33.3 Å². The van der Waals surface area contributed by atoms with Gasteiger partial charge in [0.1, 0.15) is 0 Å². The fraction of sp³-hybridized carbons (Fsp3) is 0.571. The summed E-state index contributed by atoms with van der Waals surface area (Å²) in [7, 11) is 0. The Labute approximate surface area is 118 Å². The van der Waals surface area contributed by atoms with Crippen LogP contribution in [-0.4, -0.2) is 6.54 Å². The van der Waals surface area contributed by atoms with Crippen molar-refractivity contribution in [1.29, 1.82) is 0 Å². The van der Waals surface area contributed by atoms with E-state index < -0.39 is 0 Å². The summed E-state index contributed by atoms with van der Waals surface area (Å²) in [6.45, 7) is 7.74. The minimum Gasteiger partial charge on any atom is -0.310 e. The first-order valence-electron chi connectivity index (χ1n) is 6.28. The number of halogens is 2. The molecule has 0 saturated heterocycles. The first-order valence-corrected chi connectivity index (χ1v) is 7.45. The van der Waals surface area contributed by atoms with Crippen LogP contribution >= 0.6 is 27.5 Å². The van der Waals surface area contributed by atoms with Crippen LogP contribution in [0.4, 0.5) is 0 Å². The van der Waals surface area contributed by atoms with Crippen LogP contribution in [0.2, 0.25) is 5.02 Å². The summed E-state index contributed by atoms with van der Waals surface area (Å²) in [5.41, 5.74) is 1.28. The lowest BCUT2D eigenvalue weighted by Gasteiger charge is -2.25. The zero-order valence-electron chi connectivity index (χ0n) is 10.8. The summed E-state index contributed by atoms with van der Waals surface area (Å²) < 4.78 is 0.960. The highest BCUT2D eigenvalue weighted by atomic mass is 79.9. The summed E-state index contributed by atoms with van der Waals surface area (Å²) in [6.07, 6.45) is 2.31. The first kappa shape index (κ1) is 15.0. The number of hydrogen-bond acceptors (Lipinski definition) is 1. The topological polar surface area (TPSA) is 12.0 Å². The van der Waals surface area contributed by atoms with E-state index >= 15 is 0 Å². The molecule has 3 heteroatoms. The minimum atomic E-state index is 0.394. The molecule has 1 aromatic rings. The fourth-order valence-corrected chi connectivity index (χ4v) is 2.32. The van der Waals surface area contributed by atoms with Crippen LogP contribution in [-0.2, 0) is 0 Å². The molecule has 1 rings (SSSR count). The van der Waals surface area contributed by atoms with Gasteiger partial charge in [0.05, 0.1) is 5.02 Å². The molecular weight excluding hydrogens is 298 g/mol. The molecule has 0 aromatic heterocycles. The lowest BCUT2D eigenvalue weighted by Crippen LogP contribution is -2.27. The van der Waals surface area contributed by atoms with E-state index in [1.54, 1.807) is 0 Å². The van der Waals surface area contributed by atoms with E-state index in [2.05, 4.69) is 54.2 Å². The first-order chi connectivity index (χ1) is 8.10. The van der Waals surface area contributed by atoms with Gasteiger partial charge in [0.2, 0.25) is 0 Å². The third kappa shape index (κ3) is 4.27. The second-order valence-electron chi connectivity index (χ2n) is 4.49. The molecule has 1 N–H and O–H groups in total. The molecule has 0 saturated carbocycles. The molecule has 0 aliphatic rings. The molecule has 0 bridgehead atoms. The van der Waals surface area contributed by atoms with E-state index in [0.29, 0.717) is 12.0 Å². The van der Waals surface area contributed by atoms with E-state index in [-0.39, 0.29) is 0 Å². The molecule has 0 aliphatic heterocycles. The molecule has 0 aliphatic carbocycles. The molecule has 0 heterocycles. The van der Waals surface area contributed by atoms with E-state index in [0.717, 1.165) is 28.9 Å². The summed E-state index contributed by atoms with van der Waals surface area (Å²) >= 11 is 9.60. The predicted molar refractivity (Wildman–Crippen MR) is 79.6 cm³/mol. The van der Waals surface area contributed by atoms with Gasteiger partial charge in [-0.3, -0.25) is 0 Å². The van der Waals surface area contributed by atoms with Crippen molar-refractivity contribution in [3.8, 4) is 0 Å². The fourth-order valence-electron chi connectivity index (χ4n) is 1.89. The highest BCUT2D eigenvalue weighted by Gasteiger charge is 2.17. The van der Waals surface area contributed by atoms with Crippen LogP contribution in [0.1, 0.15) is 45.2 Å². The molecule has 1 aromatic carbocycles. The molecule has 0 fully saturated rings. The minimum absolute atomic E-state index is 0.394. The standard InChI is InChI=1S/C14H21BrClN/c1-4-8-17-14(10(3)5-2)11-6-7-12(15)13(16)9-11/h6-7,9-10,14,17H,4-5,8H2,1-3H3. The summed E-state index contributed by atoms with van der Waals surface area (Å²) in [6, 6.07) is 6.63. The van der Waals surface area contributed by atoms with E-state index in [1.807, 2.05) is 6.07 Å².